The van der Waals surface area contributed by atoms with Gasteiger partial charge in [-0.05, 0) is 17.7 Å². The molecular formula is C11H5Cl2N5O3. The van der Waals surface area contributed by atoms with E-state index in [9.17, 15) is 10.1 Å². The molecular weight excluding hydrogens is 321 g/mol. The lowest BCUT2D eigenvalue weighted by Gasteiger charge is -2.06. The van der Waals surface area contributed by atoms with Gasteiger partial charge in [-0.25, -0.2) is 0 Å². The molecule has 3 aromatic rings. The van der Waals surface area contributed by atoms with Crippen molar-refractivity contribution in [1.29, 1.82) is 0 Å². The van der Waals surface area contributed by atoms with Gasteiger partial charge in [0, 0.05) is 12.1 Å². The van der Waals surface area contributed by atoms with Gasteiger partial charge >= 0.3 is 0 Å². The molecule has 0 fully saturated rings. The van der Waals surface area contributed by atoms with E-state index in [2.05, 4.69) is 20.2 Å². The number of nitro benzene ring substituents is 1. The fraction of sp³-hybridized carbons (Fsp3) is 0. The first kappa shape index (κ1) is 13.5. The molecule has 0 saturated heterocycles. The monoisotopic (exact) mass is 325 g/mol. The number of nitrogens with zero attached hydrogens (tertiary/aromatic N) is 4. The average Bonchev–Trinajstić information content (AvgIpc) is 2.86. The summed E-state index contributed by atoms with van der Waals surface area (Å²) in [5.74, 6) is 0.450. The summed E-state index contributed by atoms with van der Waals surface area (Å²) in [4.78, 5) is 18.0. The van der Waals surface area contributed by atoms with E-state index in [0.717, 1.165) is 0 Å². The number of ether oxygens (including phenoxy) is 1. The van der Waals surface area contributed by atoms with Gasteiger partial charge in [0.25, 0.3) is 5.69 Å². The quantitative estimate of drug-likeness (QED) is 0.449. The zero-order valence-electron chi connectivity index (χ0n) is 10.1. The topological polar surface area (TPSA) is 107 Å². The van der Waals surface area contributed by atoms with Gasteiger partial charge in [0.2, 0.25) is 11.2 Å². The van der Waals surface area contributed by atoms with Crippen LogP contribution in [0, 0.1) is 10.1 Å². The molecule has 0 atom stereocenters. The largest absolute Gasteiger partial charge is 0.438 e. The first-order valence-corrected chi connectivity index (χ1v) is 6.28. The van der Waals surface area contributed by atoms with Crippen LogP contribution in [0.2, 0.25) is 10.3 Å². The van der Waals surface area contributed by atoms with E-state index in [1.165, 1.54) is 24.4 Å². The van der Waals surface area contributed by atoms with Crippen molar-refractivity contribution < 1.29 is 9.66 Å². The zero-order valence-corrected chi connectivity index (χ0v) is 11.6. The second-order valence-electron chi connectivity index (χ2n) is 3.90. The Bertz CT molecular complexity index is 851. The zero-order chi connectivity index (χ0) is 15.0. The molecule has 0 bridgehead atoms. The molecule has 3 rings (SSSR count). The second-order valence-corrected chi connectivity index (χ2v) is 4.65. The Hall–Kier alpha value is -2.45. The van der Waals surface area contributed by atoms with E-state index >= 15 is 0 Å². The standard InChI is InChI=1S/C11H5Cl2N5O3/c12-7-3-5(1-2-8(7)18(19)20)21-10-6-4-14-17-9(6)15-11(13)16-10/h1-4H,(H,14,15,16,17). The first-order chi connectivity index (χ1) is 10.0. The number of aromatic amines is 1. The lowest BCUT2D eigenvalue weighted by molar-refractivity contribution is -0.384. The molecule has 0 radical (unpaired) electrons. The summed E-state index contributed by atoms with van der Waals surface area (Å²) < 4.78 is 5.54. The Morgan fingerprint density at radius 2 is 2.10 bits per heavy atom. The molecule has 2 heterocycles. The fourth-order valence-corrected chi connectivity index (χ4v) is 2.07. The maximum absolute atomic E-state index is 10.7. The molecule has 8 nitrogen and oxygen atoms in total. The molecule has 0 saturated carbocycles. The van der Waals surface area contributed by atoms with Crippen LogP contribution in [0.1, 0.15) is 0 Å². The third-order valence-corrected chi connectivity index (χ3v) is 3.05. The lowest BCUT2D eigenvalue weighted by Crippen LogP contribution is -1.93. The Balaban J connectivity index is 2.00. The molecule has 0 aliphatic heterocycles. The summed E-state index contributed by atoms with van der Waals surface area (Å²) in [6.45, 7) is 0. The number of halogens is 2. The van der Waals surface area contributed by atoms with Crippen LogP contribution >= 0.6 is 23.2 Å². The summed E-state index contributed by atoms with van der Waals surface area (Å²) in [5.41, 5.74) is 0.205. The average molecular weight is 326 g/mol. The SMILES string of the molecule is O=[N+]([O-])c1ccc(Oc2nc(Cl)nc3[nH]ncc23)cc1Cl. The van der Waals surface area contributed by atoms with Crippen LogP contribution in [0.25, 0.3) is 11.0 Å². The highest BCUT2D eigenvalue weighted by molar-refractivity contribution is 6.32. The number of hydrogen-bond donors (Lipinski definition) is 1. The van der Waals surface area contributed by atoms with Crippen molar-refractivity contribution in [1.82, 2.24) is 20.2 Å². The number of nitro groups is 1. The minimum Gasteiger partial charge on any atom is -0.438 e. The van der Waals surface area contributed by atoms with Gasteiger partial charge in [0.05, 0.1) is 11.1 Å². The number of H-pyrrole nitrogens is 1. The Labute approximate surface area is 126 Å². The van der Waals surface area contributed by atoms with Crippen LogP contribution in [-0.4, -0.2) is 25.1 Å². The summed E-state index contributed by atoms with van der Waals surface area (Å²) >= 11 is 11.6. The summed E-state index contributed by atoms with van der Waals surface area (Å²) in [6, 6.07) is 3.97. The molecule has 106 valence electrons. The van der Waals surface area contributed by atoms with Gasteiger partial charge in [-0.3, -0.25) is 15.2 Å². The molecule has 0 spiro atoms. The number of nitrogens with one attached hydrogen (secondary N) is 1. The smallest absolute Gasteiger partial charge is 0.288 e. The maximum atomic E-state index is 10.7. The van der Waals surface area contributed by atoms with Crippen LogP contribution in [0.15, 0.2) is 24.4 Å². The molecule has 0 amide bonds. The number of rotatable bonds is 3. The molecule has 21 heavy (non-hydrogen) atoms. The van der Waals surface area contributed by atoms with Gasteiger partial charge < -0.3 is 4.74 Å². The van der Waals surface area contributed by atoms with Crippen LogP contribution in [-0.2, 0) is 0 Å². The van der Waals surface area contributed by atoms with Gasteiger partial charge in [-0.15, -0.1) is 0 Å². The summed E-state index contributed by atoms with van der Waals surface area (Å²) in [5, 5.41) is 17.6. The van der Waals surface area contributed by atoms with E-state index in [4.69, 9.17) is 27.9 Å². The molecule has 2 aromatic heterocycles. The number of benzene rings is 1. The van der Waals surface area contributed by atoms with E-state index in [0.29, 0.717) is 11.0 Å². The predicted molar refractivity (Wildman–Crippen MR) is 74.9 cm³/mol. The van der Waals surface area contributed by atoms with E-state index in [1.54, 1.807) is 0 Å². The highest BCUT2D eigenvalue weighted by Gasteiger charge is 2.15. The number of fused-ring (bicyclic) bond motifs is 1. The molecule has 0 aliphatic rings. The molecule has 0 aliphatic carbocycles. The van der Waals surface area contributed by atoms with Gasteiger partial charge in [-0.1, -0.05) is 11.6 Å². The van der Waals surface area contributed by atoms with Crippen molar-refractivity contribution in [2.75, 3.05) is 0 Å². The van der Waals surface area contributed by atoms with Crippen LogP contribution in [0.4, 0.5) is 5.69 Å². The fourth-order valence-electron chi connectivity index (χ4n) is 1.67. The second kappa shape index (κ2) is 5.15. The van der Waals surface area contributed by atoms with Gasteiger partial charge in [0.1, 0.15) is 16.2 Å². The third-order valence-electron chi connectivity index (χ3n) is 2.58. The molecule has 0 unspecified atom stereocenters. The van der Waals surface area contributed by atoms with Crippen molar-refractivity contribution >= 4 is 39.9 Å². The Morgan fingerprint density at radius 3 is 2.81 bits per heavy atom. The van der Waals surface area contributed by atoms with Gasteiger partial charge in [-0.2, -0.15) is 15.1 Å². The highest BCUT2D eigenvalue weighted by atomic mass is 35.5. The van der Waals surface area contributed by atoms with Crippen molar-refractivity contribution in [2.24, 2.45) is 0 Å². The summed E-state index contributed by atoms with van der Waals surface area (Å²) in [7, 11) is 0. The van der Waals surface area contributed by atoms with E-state index in [1.807, 2.05) is 0 Å². The van der Waals surface area contributed by atoms with Crippen molar-refractivity contribution in [2.45, 2.75) is 0 Å². The Morgan fingerprint density at radius 1 is 1.29 bits per heavy atom. The lowest BCUT2D eigenvalue weighted by atomic mass is 10.3. The van der Waals surface area contributed by atoms with Crippen molar-refractivity contribution in [3.05, 3.63) is 44.8 Å². The normalized spacial score (nSPS) is 10.8. The molecule has 10 heteroatoms. The van der Waals surface area contributed by atoms with Crippen LogP contribution in [0.3, 0.4) is 0 Å². The van der Waals surface area contributed by atoms with Crippen molar-refractivity contribution in [3.8, 4) is 11.6 Å². The minimum absolute atomic E-state index is 0.0187. The summed E-state index contributed by atoms with van der Waals surface area (Å²) in [6.07, 6.45) is 1.48. The highest BCUT2D eigenvalue weighted by Crippen LogP contribution is 2.32. The predicted octanol–water partition coefficient (Wildman–Crippen LogP) is 3.36. The maximum Gasteiger partial charge on any atom is 0.288 e. The van der Waals surface area contributed by atoms with Gasteiger partial charge in [0.15, 0.2) is 5.65 Å². The third kappa shape index (κ3) is 2.58. The van der Waals surface area contributed by atoms with E-state index < -0.39 is 4.92 Å². The van der Waals surface area contributed by atoms with Crippen LogP contribution in [0.5, 0.6) is 11.6 Å². The Kier molecular flexibility index (Phi) is 3.32. The minimum atomic E-state index is -0.581. The molecule has 1 aromatic carbocycles. The van der Waals surface area contributed by atoms with E-state index in [-0.39, 0.29) is 27.6 Å². The molecule has 1 N–H and O–H groups in total. The first-order valence-electron chi connectivity index (χ1n) is 5.53. The van der Waals surface area contributed by atoms with Crippen LogP contribution < -0.4 is 4.74 Å². The number of aromatic nitrogens is 4. The van der Waals surface area contributed by atoms with Crippen molar-refractivity contribution in [3.63, 3.8) is 0 Å². The number of hydrogen-bond acceptors (Lipinski definition) is 6.